The second-order valence-corrected chi connectivity index (χ2v) is 6.28. The van der Waals surface area contributed by atoms with Gasteiger partial charge in [-0.25, -0.2) is 4.98 Å². The monoisotopic (exact) mass is 315 g/mol. The lowest BCUT2D eigenvalue weighted by atomic mass is 10.1. The van der Waals surface area contributed by atoms with Crippen LogP contribution in [-0.4, -0.2) is 15.9 Å². The van der Waals surface area contributed by atoms with Crippen LogP contribution in [-0.2, 0) is 6.42 Å². The maximum atomic E-state index is 5.99. The lowest BCUT2D eigenvalue weighted by molar-refractivity contribution is 0.688. The average molecular weight is 316 g/mol. The van der Waals surface area contributed by atoms with Gasteiger partial charge in [0.25, 0.3) is 0 Å². The number of nitrogens with one attached hydrogen (secondary N) is 1. The van der Waals surface area contributed by atoms with Crippen LogP contribution in [0.15, 0.2) is 18.2 Å². The Morgan fingerprint density at radius 3 is 2.74 bits per heavy atom. The van der Waals surface area contributed by atoms with Crippen molar-refractivity contribution < 1.29 is 0 Å². The Labute approximate surface area is 127 Å². The Bertz CT molecular complexity index is 555. The van der Waals surface area contributed by atoms with Gasteiger partial charge in [0, 0.05) is 24.5 Å². The largest absolute Gasteiger partial charge is 0.360 e. The fourth-order valence-electron chi connectivity index (χ4n) is 1.52. The summed E-state index contributed by atoms with van der Waals surface area (Å²) in [4.78, 5) is 4.45. The summed E-state index contributed by atoms with van der Waals surface area (Å²) in [6.07, 6.45) is 0.663. The van der Waals surface area contributed by atoms with E-state index in [0.29, 0.717) is 22.4 Å². The predicted molar refractivity (Wildman–Crippen MR) is 82.5 cm³/mol. The number of hydrogen-bond acceptors (Lipinski definition) is 4. The predicted octanol–water partition coefficient (Wildman–Crippen LogP) is 4.50. The van der Waals surface area contributed by atoms with Crippen LogP contribution in [0.1, 0.15) is 25.2 Å². The van der Waals surface area contributed by atoms with Crippen LogP contribution in [0.3, 0.4) is 0 Å². The van der Waals surface area contributed by atoms with Crippen LogP contribution < -0.4 is 5.32 Å². The van der Waals surface area contributed by atoms with Crippen molar-refractivity contribution in [3.63, 3.8) is 0 Å². The van der Waals surface area contributed by atoms with Gasteiger partial charge in [-0.3, -0.25) is 0 Å². The highest BCUT2D eigenvalue weighted by Gasteiger charge is 2.07. The quantitative estimate of drug-likeness (QED) is 0.882. The molecule has 0 bridgehead atoms. The molecule has 0 aliphatic heterocycles. The molecule has 0 saturated carbocycles. The zero-order chi connectivity index (χ0) is 13.8. The Kier molecular flexibility index (Phi) is 5.02. The van der Waals surface area contributed by atoms with Crippen LogP contribution >= 0.6 is 34.7 Å². The minimum atomic E-state index is 0.563. The average Bonchev–Trinajstić information content (AvgIpc) is 2.79. The van der Waals surface area contributed by atoms with Crippen molar-refractivity contribution in [2.75, 3.05) is 11.9 Å². The lowest BCUT2D eigenvalue weighted by Gasteiger charge is -2.03. The molecule has 6 heteroatoms. The van der Waals surface area contributed by atoms with Crippen molar-refractivity contribution in [3.05, 3.63) is 39.6 Å². The normalized spacial score (nSPS) is 11.0. The summed E-state index contributed by atoms with van der Waals surface area (Å²) in [7, 11) is 0. The highest BCUT2D eigenvalue weighted by atomic mass is 35.5. The van der Waals surface area contributed by atoms with E-state index in [0.717, 1.165) is 23.1 Å². The molecule has 19 heavy (non-hydrogen) atoms. The van der Waals surface area contributed by atoms with E-state index in [9.17, 15) is 0 Å². The molecule has 0 atom stereocenters. The number of nitrogens with zero attached hydrogens (tertiary/aromatic N) is 2. The first-order valence-electron chi connectivity index (χ1n) is 6.05. The summed E-state index contributed by atoms with van der Waals surface area (Å²) >= 11 is 13.3. The number of rotatable bonds is 5. The minimum Gasteiger partial charge on any atom is -0.360 e. The SMILES string of the molecule is CC(C)CNc1nc(Cc2ccc(Cl)c(Cl)c2)ns1. The van der Waals surface area contributed by atoms with Crippen LogP contribution in [0, 0.1) is 5.92 Å². The van der Waals surface area contributed by atoms with Gasteiger partial charge in [0.1, 0.15) is 5.82 Å². The van der Waals surface area contributed by atoms with E-state index in [1.165, 1.54) is 11.5 Å². The summed E-state index contributed by atoms with van der Waals surface area (Å²) in [5, 5.41) is 5.26. The number of benzene rings is 1. The third-order valence-electron chi connectivity index (χ3n) is 2.48. The fraction of sp³-hybridized carbons (Fsp3) is 0.385. The van der Waals surface area contributed by atoms with E-state index < -0.39 is 0 Å². The molecule has 0 fully saturated rings. The van der Waals surface area contributed by atoms with Gasteiger partial charge in [-0.2, -0.15) is 4.37 Å². The van der Waals surface area contributed by atoms with Gasteiger partial charge in [0.05, 0.1) is 10.0 Å². The zero-order valence-electron chi connectivity index (χ0n) is 10.8. The molecule has 0 saturated heterocycles. The van der Waals surface area contributed by atoms with Crippen molar-refractivity contribution in [2.45, 2.75) is 20.3 Å². The van der Waals surface area contributed by atoms with Gasteiger partial charge in [-0.05, 0) is 23.6 Å². The van der Waals surface area contributed by atoms with Crippen LogP contribution in [0.2, 0.25) is 10.0 Å². The number of anilines is 1. The Balaban J connectivity index is 2.01. The smallest absolute Gasteiger partial charge is 0.202 e. The Morgan fingerprint density at radius 1 is 1.26 bits per heavy atom. The van der Waals surface area contributed by atoms with Gasteiger partial charge < -0.3 is 5.32 Å². The van der Waals surface area contributed by atoms with E-state index in [-0.39, 0.29) is 0 Å². The number of hydrogen-bond donors (Lipinski definition) is 1. The van der Waals surface area contributed by atoms with Gasteiger partial charge in [0.2, 0.25) is 5.13 Å². The molecule has 1 aromatic carbocycles. The molecule has 0 aliphatic carbocycles. The van der Waals surface area contributed by atoms with Crippen molar-refractivity contribution in [1.29, 1.82) is 0 Å². The molecule has 0 amide bonds. The highest BCUT2D eigenvalue weighted by molar-refractivity contribution is 7.09. The third kappa shape index (κ3) is 4.34. The molecule has 0 unspecified atom stereocenters. The van der Waals surface area contributed by atoms with Gasteiger partial charge in [0.15, 0.2) is 0 Å². The number of halogens is 2. The van der Waals surface area contributed by atoms with Gasteiger partial charge >= 0.3 is 0 Å². The molecule has 0 radical (unpaired) electrons. The Hall–Kier alpha value is -0.840. The van der Waals surface area contributed by atoms with E-state index in [1.54, 1.807) is 6.07 Å². The molecule has 1 heterocycles. The molecule has 2 aromatic rings. The molecule has 1 N–H and O–H groups in total. The van der Waals surface area contributed by atoms with E-state index in [4.69, 9.17) is 23.2 Å². The van der Waals surface area contributed by atoms with E-state index in [1.807, 2.05) is 12.1 Å². The summed E-state index contributed by atoms with van der Waals surface area (Å²) < 4.78 is 4.33. The van der Waals surface area contributed by atoms with Gasteiger partial charge in [-0.15, -0.1) is 0 Å². The first kappa shape index (κ1) is 14.6. The first-order chi connectivity index (χ1) is 9.04. The summed E-state index contributed by atoms with van der Waals surface area (Å²) in [5.41, 5.74) is 1.06. The van der Waals surface area contributed by atoms with Crippen molar-refractivity contribution >= 4 is 39.9 Å². The maximum Gasteiger partial charge on any atom is 0.202 e. The maximum absolute atomic E-state index is 5.99. The zero-order valence-corrected chi connectivity index (χ0v) is 13.1. The molecule has 0 spiro atoms. The lowest BCUT2D eigenvalue weighted by Crippen LogP contribution is -2.07. The molecule has 3 nitrogen and oxygen atoms in total. The van der Waals surface area contributed by atoms with Crippen LogP contribution in [0.25, 0.3) is 0 Å². The second kappa shape index (κ2) is 6.55. The van der Waals surface area contributed by atoms with E-state index in [2.05, 4.69) is 28.5 Å². The number of aromatic nitrogens is 2. The third-order valence-corrected chi connectivity index (χ3v) is 3.93. The fourth-order valence-corrected chi connectivity index (χ4v) is 2.43. The van der Waals surface area contributed by atoms with Gasteiger partial charge in [-0.1, -0.05) is 43.1 Å². The van der Waals surface area contributed by atoms with Crippen molar-refractivity contribution in [3.8, 4) is 0 Å². The molecule has 0 aliphatic rings. The summed E-state index contributed by atoms with van der Waals surface area (Å²) in [6.45, 7) is 5.22. The van der Waals surface area contributed by atoms with Crippen molar-refractivity contribution in [2.24, 2.45) is 5.92 Å². The standard InChI is InChI=1S/C13H15Cl2N3S/c1-8(2)7-16-13-17-12(18-19-13)6-9-3-4-10(14)11(15)5-9/h3-5,8H,6-7H2,1-2H3,(H,16,17,18). The second-order valence-electron chi connectivity index (χ2n) is 4.72. The first-order valence-corrected chi connectivity index (χ1v) is 7.58. The molecule has 102 valence electrons. The molecule has 2 rings (SSSR count). The van der Waals surface area contributed by atoms with Crippen LogP contribution in [0.5, 0.6) is 0 Å². The minimum absolute atomic E-state index is 0.563. The Morgan fingerprint density at radius 2 is 2.05 bits per heavy atom. The molecule has 1 aromatic heterocycles. The highest BCUT2D eigenvalue weighted by Crippen LogP contribution is 2.24. The topological polar surface area (TPSA) is 37.8 Å². The molecular weight excluding hydrogens is 301 g/mol. The van der Waals surface area contributed by atoms with E-state index >= 15 is 0 Å². The molecular formula is C13H15Cl2N3S. The van der Waals surface area contributed by atoms with Crippen LogP contribution in [0.4, 0.5) is 5.13 Å². The van der Waals surface area contributed by atoms with Crippen molar-refractivity contribution in [1.82, 2.24) is 9.36 Å². The summed E-state index contributed by atoms with van der Waals surface area (Å²) in [6, 6.07) is 5.59. The summed E-state index contributed by atoms with van der Waals surface area (Å²) in [5.74, 6) is 1.39.